The number of carbonyl (C=O) groups excluding carboxylic acids is 1. The van der Waals surface area contributed by atoms with Crippen molar-refractivity contribution in [2.75, 3.05) is 20.8 Å². The first-order chi connectivity index (χ1) is 15.7. The smallest absolute Gasteiger partial charge is 0.276 e. The van der Waals surface area contributed by atoms with Gasteiger partial charge in [0.1, 0.15) is 0 Å². The van der Waals surface area contributed by atoms with Gasteiger partial charge in [-0.1, -0.05) is 24.3 Å². The monoisotopic (exact) mass is 446 g/mol. The van der Waals surface area contributed by atoms with Gasteiger partial charge in [0.2, 0.25) is 0 Å². The summed E-state index contributed by atoms with van der Waals surface area (Å²) in [5, 5.41) is 10.8. The Hall–Kier alpha value is -3.65. The second-order valence-electron chi connectivity index (χ2n) is 7.43. The van der Waals surface area contributed by atoms with Gasteiger partial charge in [0, 0.05) is 11.4 Å². The van der Waals surface area contributed by atoms with E-state index >= 15 is 0 Å². The van der Waals surface area contributed by atoms with E-state index in [1.54, 1.807) is 25.6 Å². The van der Waals surface area contributed by atoms with E-state index in [4.69, 9.17) is 9.47 Å². The number of thiophene rings is 1. The van der Waals surface area contributed by atoms with Crippen LogP contribution >= 0.6 is 11.3 Å². The van der Waals surface area contributed by atoms with Crippen molar-refractivity contribution in [2.45, 2.75) is 12.5 Å². The Bertz CT molecular complexity index is 1240. The van der Waals surface area contributed by atoms with Crippen LogP contribution in [0.3, 0.4) is 0 Å². The van der Waals surface area contributed by atoms with Crippen LogP contribution in [0, 0.1) is 0 Å². The molecule has 1 aliphatic heterocycles. The summed E-state index contributed by atoms with van der Waals surface area (Å²) in [6.45, 7) is 0.572. The van der Waals surface area contributed by atoms with Crippen molar-refractivity contribution in [1.29, 1.82) is 0 Å². The number of aromatic nitrogens is 3. The number of carbonyl (C=O) groups is 1. The molecule has 7 nitrogen and oxygen atoms in total. The first-order valence-corrected chi connectivity index (χ1v) is 11.1. The number of nitrogens with zero attached hydrogens (tertiary/aromatic N) is 4. The van der Waals surface area contributed by atoms with Crippen LogP contribution in [0.1, 0.15) is 32.5 Å². The molecule has 0 bridgehead atoms. The van der Waals surface area contributed by atoms with Crippen LogP contribution in [-0.2, 0) is 6.42 Å². The number of ether oxygens (including phenoxy) is 2. The highest BCUT2D eigenvalue weighted by Crippen LogP contribution is 2.42. The molecule has 8 heteroatoms. The van der Waals surface area contributed by atoms with Crippen LogP contribution in [0.4, 0.5) is 0 Å². The Morgan fingerprint density at radius 2 is 1.84 bits per heavy atom. The molecule has 2 aromatic carbocycles. The topological polar surface area (TPSA) is 69.5 Å². The molecule has 1 aliphatic rings. The zero-order valence-electron chi connectivity index (χ0n) is 17.8. The van der Waals surface area contributed by atoms with Gasteiger partial charge in [0.05, 0.1) is 32.1 Å². The van der Waals surface area contributed by atoms with Crippen molar-refractivity contribution >= 4 is 17.2 Å². The highest BCUT2D eigenvalue weighted by molar-refractivity contribution is 7.10. The van der Waals surface area contributed by atoms with Gasteiger partial charge in [-0.25, -0.2) is 0 Å². The number of hydrogen-bond acceptors (Lipinski definition) is 6. The molecule has 0 fully saturated rings. The van der Waals surface area contributed by atoms with Crippen molar-refractivity contribution in [3.63, 3.8) is 0 Å². The predicted octanol–water partition coefficient (Wildman–Crippen LogP) is 4.13. The fourth-order valence-electron chi connectivity index (χ4n) is 4.11. The van der Waals surface area contributed by atoms with Gasteiger partial charge < -0.3 is 14.4 Å². The van der Waals surface area contributed by atoms with Gasteiger partial charge in [0.15, 0.2) is 17.2 Å². The molecule has 3 heterocycles. The van der Waals surface area contributed by atoms with E-state index < -0.39 is 0 Å². The van der Waals surface area contributed by atoms with E-state index in [1.807, 2.05) is 58.8 Å². The first-order valence-electron chi connectivity index (χ1n) is 10.3. The van der Waals surface area contributed by atoms with E-state index in [9.17, 15) is 4.79 Å². The van der Waals surface area contributed by atoms with Gasteiger partial charge in [0.25, 0.3) is 5.91 Å². The Morgan fingerprint density at radius 1 is 1.06 bits per heavy atom. The van der Waals surface area contributed by atoms with Crippen LogP contribution in [0.2, 0.25) is 0 Å². The number of para-hydroxylation sites is 1. The lowest BCUT2D eigenvalue weighted by atomic mass is 9.90. The maximum atomic E-state index is 13.6. The van der Waals surface area contributed by atoms with Gasteiger partial charge in [-0.2, -0.15) is 9.90 Å². The largest absolute Gasteiger partial charge is 0.493 e. The minimum Gasteiger partial charge on any atom is -0.493 e. The van der Waals surface area contributed by atoms with E-state index in [-0.39, 0.29) is 11.9 Å². The fourth-order valence-corrected chi connectivity index (χ4v) is 4.97. The van der Waals surface area contributed by atoms with Crippen molar-refractivity contribution in [2.24, 2.45) is 0 Å². The molecule has 1 amide bonds. The zero-order valence-corrected chi connectivity index (χ0v) is 18.6. The molecule has 4 aromatic rings. The van der Waals surface area contributed by atoms with E-state index in [0.29, 0.717) is 23.7 Å². The molecular formula is C24H22N4O3S. The maximum Gasteiger partial charge on any atom is 0.276 e. The Balaban J connectivity index is 1.54. The highest BCUT2D eigenvalue weighted by Gasteiger charge is 2.35. The summed E-state index contributed by atoms with van der Waals surface area (Å²) >= 11 is 1.63. The Kier molecular flexibility index (Phi) is 5.36. The number of hydrogen-bond donors (Lipinski definition) is 0. The number of rotatable bonds is 5. The second kappa shape index (κ2) is 8.47. The van der Waals surface area contributed by atoms with Crippen LogP contribution in [0.5, 0.6) is 11.5 Å². The molecule has 0 aliphatic carbocycles. The molecule has 162 valence electrons. The lowest BCUT2D eigenvalue weighted by molar-refractivity contribution is 0.0690. The van der Waals surface area contributed by atoms with Crippen LogP contribution in [0.25, 0.3) is 5.69 Å². The molecule has 1 atom stereocenters. The third kappa shape index (κ3) is 3.52. The molecule has 32 heavy (non-hydrogen) atoms. The standard InChI is InChI=1S/C24H22N4O3S/c1-30-20-13-16-10-11-27(23(22-9-6-12-32-22)18(16)14-21(20)31-2)24(29)19-15-25-28(26-19)17-7-4-3-5-8-17/h3-9,12-15,23H,10-11H2,1-2H3. The minimum absolute atomic E-state index is 0.147. The summed E-state index contributed by atoms with van der Waals surface area (Å²) in [5.74, 6) is 1.20. The molecule has 2 aromatic heterocycles. The van der Waals surface area contributed by atoms with Gasteiger partial charge >= 0.3 is 0 Å². The van der Waals surface area contributed by atoms with Crippen LogP contribution < -0.4 is 9.47 Å². The summed E-state index contributed by atoms with van der Waals surface area (Å²) in [4.78, 5) is 18.0. The minimum atomic E-state index is -0.229. The second-order valence-corrected chi connectivity index (χ2v) is 8.41. The molecule has 0 spiro atoms. The summed E-state index contributed by atoms with van der Waals surface area (Å²) < 4.78 is 11.0. The number of benzene rings is 2. The molecule has 0 N–H and O–H groups in total. The van der Waals surface area contributed by atoms with Crippen LogP contribution in [0.15, 0.2) is 66.2 Å². The van der Waals surface area contributed by atoms with Gasteiger partial charge in [-0.15, -0.1) is 16.4 Å². The quantitative estimate of drug-likeness (QED) is 0.461. The lowest BCUT2D eigenvalue weighted by Crippen LogP contribution is -2.40. The first kappa shape index (κ1) is 20.3. The third-order valence-corrected chi connectivity index (χ3v) is 6.57. The van der Waals surface area contributed by atoms with Crippen molar-refractivity contribution < 1.29 is 14.3 Å². The molecule has 0 saturated carbocycles. The highest BCUT2D eigenvalue weighted by atomic mass is 32.1. The molecule has 0 saturated heterocycles. The average Bonchev–Trinajstić information content (AvgIpc) is 3.55. The summed E-state index contributed by atoms with van der Waals surface area (Å²) in [6.07, 6.45) is 2.25. The fraction of sp³-hybridized carbons (Fsp3) is 0.208. The Morgan fingerprint density at radius 3 is 2.56 bits per heavy atom. The number of methoxy groups -OCH3 is 2. The van der Waals surface area contributed by atoms with E-state index in [0.717, 1.165) is 28.1 Å². The van der Waals surface area contributed by atoms with Crippen molar-refractivity contribution in [3.05, 3.63) is 87.9 Å². The van der Waals surface area contributed by atoms with E-state index in [2.05, 4.69) is 16.3 Å². The maximum absolute atomic E-state index is 13.6. The normalized spacial score (nSPS) is 15.3. The summed E-state index contributed by atoms with van der Waals surface area (Å²) in [5.41, 5.74) is 3.32. The number of amides is 1. The third-order valence-electron chi connectivity index (χ3n) is 5.65. The predicted molar refractivity (Wildman–Crippen MR) is 122 cm³/mol. The zero-order chi connectivity index (χ0) is 22.1. The SMILES string of the molecule is COc1cc2c(cc1OC)C(c1cccs1)N(C(=O)c1cnn(-c3ccccc3)n1)CC2. The van der Waals surface area contributed by atoms with Gasteiger partial charge in [-0.05, 0) is 53.3 Å². The molecule has 1 unspecified atom stereocenters. The summed E-state index contributed by atoms with van der Waals surface area (Å²) in [6, 6.07) is 17.4. The molecule has 5 rings (SSSR count). The lowest BCUT2D eigenvalue weighted by Gasteiger charge is -2.37. The average molecular weight is 447 g/mol. The van der Waals surface area contributed by atoms with Crippen molar-refractivity contribution in [1.82, 2.24) is 19.9 Å². The number of fused-ring (bicyclic) bond motifs is 1. The summed E-state index contributed by atoms with van der Waals surface area (Å²) in [7, 11) is 3.26. The molecular weight excluding hydrogens is 424 g/mol. The van der Waals surface area contributed by atoms with Gasteiger partial charge in [-0.3, -0.25) is 4.79 Å². The Labute approximate surface area is 189 Å². The van der Waals surface area contributed by atoms with Crippen LogP contribution in [-0.4, -0.2) is 46.6 Å². The molecule has 0 radical (unpaired) electrons. The van der Waals surface area contributed by atoms with Crippen molar-refractivity contribution in [3.8, 4) is 17.2 Å². The van der Waals surface area contributed by atoms with E-state index in [1.165, 1.54) is 11.0 Å².